The van der Waals surface area contributed by atoms with E-state index in [1.165, 1.54) is 55.5 Å². The van der Waals surface area contributed by atoms with E-state index in [4.69, 9.17) is 0 Å². The maximum absolute atomic E-state index is 2.46. The fourth-order valence-corrected chi connectivity index (χ4v) is 7.21. The average molecular weight is 523 g/mol. The summed E-state index contributed by atoms with van der Waals surface area (Å²) in [6.07, 6.45) is 0. The van der Waals surface area contributed by atoms with Crippen molar-refractivity contribution in [1.29, 1.82) is 0 Å². The van der Waals surface area contributed by atoms with Gasteiger partial charge in [0.25, 0.3) is 0 Å². The van der Waals surface area contributed by atoms with Crippen LogP contribution in [0.25, 0.3) is 22.3 Å². The summed E-state index contributed by atoms with van der Waals surface area (Å²) in [5, 5.41) is 0. The third-order valence-electron chi connectivity index (χ3n) is 9.12. The van der Waals surface area contributed by atoms with Gasteiger partial charge in [-0.2, -0.15) is 0 Å². The normalized spacial score (nSPS) is 13.8. The van der Waals surface area contributed by atoms with Gasteiger partial charge >= 0.3 is 0 Å². The first-order chi connectivity index (χ1) is 20.1. The summed E-state index contributed by atoms with van der Waals surface area (Å²) in [5.74, 6) is 0. The Balaban J connectivity index is 1.40. The molecule has 0 bridgehead atoms. The van der Waals surface area contributed by atoms with Crippen LogP contribution in [0.2, 0.25) is 0 Å². The molecule has 0 saturated carbocycles. The molecule has 6 aromatic rings. The number of fused-ring (bicyclic) bond motifs is 5. The highest BCUT2D eigenvalue weighted by Crippen LogP contribution is 2.43. The number of anilines is 3. The van der Waals surface area contributed by atoms with Crippen molar-refractivity contribution in [2.75, 3.05) is 4.90 Å². The number of hydrogen-bond acceptors (Lipinski definition) is 1. The summed E-state index contributed by atoms with van der Waals surface area (Å²) >= 11 is 0. The molecule has 0 amide bonds. The zero-order valence-corrected chi connectivity index (χ0v) is 23.4. The van der Waals surface area contributed by atoms with Crippen LogP contribution in [0.15, 0.2) is 146 Å². The van der Waals surface area contributed by atoms with E-state index in [0.29, 0.717) is 0 Å². The fourth-order valence-electron chi connectivity index (χ4n) is 7.21. The predicted molar refractivity (Wildman–Crippen MR) is 175 cm³/mol. The molecule has 1 nitrogen and oxygen atoms in total. The third-order valence-corrected chi connectivity index (χ3v) is 9.12. The standard InChI is InChI=1S/C39H30BN/c1-39(2)34-20-12-13-21-37(34)40-36-23-22-31(41(29-16-8-4-9-17-29)30-18-10-5-11-19-30)26-32(36)33-24-28(25-35(39)38(33)40)27-14-6-3-7-15-27/h3-26H,1-2H3. The Morgan fingerprint density at radius 1 is 0.463 bits per heavy atom. The Hall–Kier alpha value is -4.82. The van der Waals surface area contributed by atoms with E-state index in [0.717, 1.165) is 11.4 Å². The second-order valence-electron chi connectivity index (χ2n) is 11.8. The van der Waals surface area contributed by atoms with Crippen LogP contribution in [-0.2, 0) is 5.41 Å². The van der Waals surface area contributed by atoms with Crippen molar-refractivity contribution in [2.45, 2.75) is 19.3 Å². The lowest BCUT2D eigenvalue weighted by molar-refractivity contribution is 0.646. The van der Waals surface area contributed by atoms with Gasteiger partial charge in [0.1, 0.15) is 0 Å². The first kappa shape index (κ1) is 24.0. The first-order valence-corrected chi connectivity index (χ1v) is 14.5. The molecule has 0 radical (unpaired) electrons. The smallest absolute Gasteiger partial charge is 0.243 e. The Morgan fingerprint density at radius 2 is 1.07 bits per heavy atom. The van der Waals surface area contributed by atoms with Gasteiger partial charge in [-0.05, 0) is 75.8 Å². The lowest BCUT2D eigenvalue weighted by Crippen LogP contribution is -2.58. The molecule has 0 aromatic heterocycles. The molecule has 6 aromatic carbocycles. The Morgan fingerprint density at radius 3 is 1.76 bits per heavy atom. The lowest BCUT2D eigenvalue weighted by Gasteiger charge is -2.38. The molecule has 0 N–H and O–H groups in total. The quantitative estimate of drug-likeness (QED) is 0.212. The first-order valence-electron chi connectivity index (χ1n) is 14.5. The highest BCUT2D eigenvalue weighted by Gasteiger charge is 2.45. The van der Waals surface area contributed by atoms with E-state index in [1.807, 2.05) is 0 Å². The second kappa shape index (κ2) is 9.11. The molecule has 2 aliphatic rings. The molecule has 2 aliphatic heterocycles. The van der Waals surface area contributed by atoms with Gasteiger partial charge in [0.15, 0.2) is 0 Å². The van der Waals surface area contributed by atoms with Crippen molar-refractivity contribution < 1.29 is 0 Å². The van der Waals surface area contributed by atoms with E-state index in [2.05, 4.69) is 164 Å². The average Bonchev–Trinajstić information content (AvgIpc) is 3.35. The van der Waals surface area contributed by atoms with Crippen molar-refractivity contribution in [3.05, 3.63) is 157 Å². The summed E-state index contributed by atoms with van der Waals surface area (Å²) in [5.41, 5.74) is 15.8. The van der Waals surface area contributed by atoms with Crippen LogP contribution in [0.5, 0.6) is 0 Å². The Kier molecular flexibility index (Phi) is 5.34. The topological polar surface area (TPSA) is 3.24 Å². The van der Waals surface area contributed by atoms with Crippen molar-refractivity contribution in [2.24, 2.45) is 0 Å². The molecule has 0 aliphatic carbocycles. The highest BCUT2D eigenvalue weighted by molar-refractivity contribution is 7.00. The molecule has 0 atom stereocenters. The van der Waals surface area contributed by atoms with Crippen LogP contribution in [-0.4, -0.2) is 6.71 Å². The maximum atomic E-state index is 2.46. The van der Waals surface area contributed by atoms with Gasteiger partial charge in [0.2, 0.25) is 6.71 Å². The van der Waals surface area contributed by atoms with Crippen LogP contribution >= 0.6 is 0 Å². The van der Waals surface area contributed by atoms with Gasteiger partial charge in [-0.25, -0.2) is 0 Å². The third kappa shape index (κ3) is 3.64. The Labute approximate surface area is 242 Å². The van der Waals surface area contributed by atoms with Crippen LogP contribution in [0, 0.1) is 0 Å². The molecular formula is C39H30BN. The van der Waals surface area contributed by atoms with E-state index in [1.54, 1.807) is 0 Å². The van der Waals surface area contributed by atoms with Crippen molar-refractivity contribution >= 4 is 40.2 Å². The lowest BCUT2D eigenvalue weighted by atomic mass is 9.33. The van der Waals surface area contributed by atoms with E-state index < -0.39 is 0 Å². The highest BCUT2D eigenvalue weighted by atomic mass is 15.1. The molecule has 2 heterocycles. The zero-order chi connectivity index (χ0) is 27.6. The maximum Gasteiger partial charge on any atom is 0.243 e. The van der Waals surface area contributed by atoms with E-state index in [9.17, 15) is 0 Å². The van der Waals surface area contributed by atoms with Crippen LogP contribution < -0.4 is 21.3 Å². The van der Waals surface area contributed by atoms with Crippen LogP contribution in [0.4, 0.5) is 17.1 Å². The largest absolute Gasteiger partial charge is 0.310 e. The molecule has 0 fully saturated rings. The van der Waals surface area contributed by atoms with Gasteiger partial charge in [-0.15, -0.1) is 0 Å². The van der Waals surface area contributed by atoms with Crippen LogP contribution in [0.1, 0.15) is 25.0 Å². The van der Waals surface area contributed by atoms with Gasteiger partial charge in [-0.3, -0.25) is 0 Å². The monoisotopic (exact) mass is 523 g/mol. The minimum atomic E-state index is -0.0903. The summed E-state index contributed by atoms with van der Waals surface area (Å²) < 4.78 is 0. The van der Waals surface area contributed by atoms with Gasteiger partial charge in [-0.1, -0.05) is 133 Å². The van der Waals surface area contributed by atoms with Gasteiger partial charge in [0.05, 0.1) is 0 Å². The number of hydrogen-bond donors (Lipinski definition) is 0. The molecule has 0 unspecified atom stereocenters. The molecule has 0 saturated heterocycles. The molecule has 41 heavy (non-hydrogen) atoms. The molecule has 8 rings (SSSR count). The van der Waals surface area contributed by atoms with Crippen molar-refractivity contribution in [3.8, 4) is 22.3 Å². The predicted octanol–water partition coefficient (Wildman–Crippen LogP) is 7.96. The second-order valence-corrected chi connectivity index (χ2v) is 11.8. The number of rotatable bonds is 4. The summed E-state index contributed by atoms with van der Waals surface area (Å²) in [6.45, 7) is 5.04. The van der Waals surface area contributed by atoms with E-state index in [-0.39, 0.29) is 12.1 Å². The minimum absolute atomic E-state index is 0.0903. The molecule has 2 heteroatoms. The minimum Gasteiger partial charge on any atom is -0.310 e. The number of nitrogens with zero attached hydrogens (tertiary/aromatic N) is 1. The fraction of sp³-hybridized carbons (Fsp3) is 0.0769. The SMILES string of the molecule is CC1(C)c2ccccc2B2c3ccc(N(c4ccccc4)c4ccccc4)cc3-c3cc(-c4ccccc4)cc1c32. The van der Waals surface area contributed by atoms with E-state index >= 15 is 0 Å². The molecular weight excluding hydrogens is 493 g/mol. The summed E-state index contributed by atoms with van der Waals surface area (Å²) in [6, 6.07) is 53.3. The number of benzene rings is 6. The molecule has 0 spiro atoms. The Bertz CT molecular complexity index is 1870. The van der Waals surface area contributed by atoms with Crippen LogP contribution in [0.3, 0.4) is 0 Å². The summed E-state index contributed by atoms with van der Waals surface area (Å²) in [7, 11) is 0. The number of para-hydroxylation sites is 2. The molecule has 194 valence electrons. The van der Waals surface area contributed by atoms with Crippen molar-refractivity contribution in [1.82, 2.24) is 0 Å². The zero-order valence-electron chi connectivity index (χ0n) is 23.4. The van der Waals surface area contributed by atoms with Crippen molar-refractivity contribution in [3.63, 3.8) is 0 Å². The van der Waals surface area contributed by atoms with Gasteiger partial charge in [0, 0.05) is 22.5 Å². The summed E-state index contributed by atoms with van der Waals surface area (Å²) in [4.78, 5) is 2.37. The van der Waals surface area contributed by atoms with Gasteiger partial charge < -0.3 is 4.90 Å².